The number of aliphatic hydroxyl groups is 2. The molecule has 10 atom stereocenters. The molecular formula is C23H29N9O12P2. The second kappa shape index (κ2) is 11.4. The standard InChI is InChI=1S/C23H29N9O12P2/c24-18-10-1-2-31(19(10)27-7-26-18)12-3-9-5-40-45(36,37)44-17-11(4-33)13(6-41-46(38,39)43-16(9)15(12)34)42-22(17)32-8-28-14-20(32)29-23(25)30-21(14)35/h1-2,7-9,11-13,15-17,22,33-34H,3-6H2,(H,36,37)(H,38,39)(H2,24,26,27)(H3,25,29,30,35)/t9-,11-,12-,13-,15+,16-,17-,22-/m1/s1. The molecule has 0 radical (unpaired) electrons. The molecule has 9 N–H and O–H groups in total. The number of anilines is 2. The summed E-state index contributed by atoms with van der Waals surface area (Å²) in [6, 6.07) is 0.851. The number of fused-ring (bicyclic) bond motifs is 5. The first-order valence-corrected chi connectivity index (χ1v) is 16.9. The molecule has 248 valence electrons. The molecule has 4 aromatic rings. The maximum absolute atomic E-state index is 13.4. The van der Waals surface area contributed by atoms with Gasteiger partial charge in [0.05, 0.1) is 43.7 Å². The van der Waals surface area contributed by atoms with E-state index < -0.39 is 89.5 Å². The normalized spacial score (nSPS) is 37.1. The van der Waals surface area contributed by atoms with E-state index in [1.165, 1.54) is 10.9 Å². The number of phosphoric acid groups is 2. The second-order valence-electron chi connectivity index (χ2n) is 11.1. The highest BCUT2D eigenvalue weighted by molar-refractivity contribution is 7.47. The number of aromatic nitrogens is 7. The summed E-state index contributed by atoms with van der Waals surface area (Å²) in [7, 11) is -9.94. The van der Waals surface area contributed by atoms with Gasteiger partial charge >= 0.3 is 15.6 Å². The molecule has 2 bridgehead atoms. The van der Waals surface area contributed by atoms with Crippen LogP contribution in [-0.4, -0.2) is 98.3 Å². The predicted octanol–water partition coefficient (Wildman–Crippen LogP) is -0.825. The van der Waals surface area contributed by atoms with Gasteiger partial charge in [0, 0.05) is 18.0 Å². The maximum atomic E-state index is 13.4. The van der Waals surface area contributed by atoms with Gasteiger partial charge in [0.1, 0.15) is 36.1 Å². The number of aromatic amines is 1. The number of imidazole rings is 1. The van der Waals surface area contributed by atoms with Crippen molar-refractivity contribution in [1.29, 1.82) is 0 Å². The summed E-state index contributed by atoms with van der Waals surface area (Å²) >= 11 is 0. The lowest BCUT2D eigenvalue weighted by atomic mass is 9.99. The van der Waals surface area contributed by atoms with Crippen LogP contribution in [0.4, 0.5) is 11.8 Å². The van der Waals surface area contributed by atoms with Crippen LogP contribution in [0.2, 0.25) is 0 Å². The van der Waals surface area contributed by atoms with Crippen LogP contribution in [0.3, 0.4) is 0 Å². The Kier molecular flexibility index (Phi) is 7.77. The number of ether oxygens (including phenoxy) is 1. The van der Waals surface area contributed by atoms with Crippen molar-refractivity contribution in [2.75, 3.05) is 31.3 Å². The van der Waals surface area contributed by atoms with E-state index in [9.17, 15) is 33.9 Å². The van der Waals surface area contributed by atoms with Gasteiger partial charge < -0.3 is 40.8 Å². The topological polar surface area (TPSA) is 308 Å². The van der Waals surface area contributed by atoms with Crippen molar-refractivity contribution in [3.05, 3.63) is 35.3 Å². The molecule has 3 fully saturated rings. The average Bonchev–Trinajstić information content (AvgIpc) is 3.75. The number of H-pyrrole nitrogens is 1. The number of hydrogen-bond acceptors (Lipinski definition) is 16. The molecule has 0 spiro atoms. The van der Waals surface area contributed by atoms with Gasteiger partial charge in [-0.25, -0.2) is 24.1 Å². The van der Waals surface area contributed by atoms with Gasteiger partial charge in [-0.1, -0.05) is 0 Å². The van der Waals surface area contributed by atoms with Crippen LogP contribution in [0.25, 0.3) is 22.2 Å². The first kappa shape index (κ1) is 31.3. The molecule has 7 rings (SSSR count). The Morgan fingerprint density at radius 1 is 1.02 bits per heavy atom. The molecule has 46 heavy (non-hydrogen) atoms. The molecule has 23 heteroatoms. The lowest BCUT2D eigenvalue weighted by molar-refractivity contribution is -0.0603. The summed E-state index contributed by atoms with van der Waals surface area (Å²) in [5.41, 5.74) is 11.2. The Morgan fingerprint density at radius 2 is 1.76 bits per heavy atom. The molecule has 4 aromatic heterocycles. The number of hydrogen-bond donors (Lipinski definition) is 7. The first-order valence-electron chi connectivity index (χ1n) is 13.9. The molecule has 2 unspecified atom stereocenters. The van der Waals surface area contributed by atoms with E-state index in [0.717, 1.165) is 6.33 Å². The Morgan fingerprint density at radius 3 is 2.52 bits per heavy atom. The highest BCUT2D eigenvalue weighted by atomic mass is 31.2. The molecule has 1 aliphatic carbocycles. The fourth-order valence-corrected chi connectivity index (χ4v) is 8.31. The van der Waals surface area contributed by atoms with Crippen molar-refractivity contribution in [2.45, 2.75) is 43.1 Å². The van der Waals surface area contributed by atoms with Crippen molar-refractivity contribution in [3.8, 4) is 0 Å². The molecule has 2 saturated heterocycles. The van der Waals surface area contributed by atoms with Crippen LogP contribution >= 0.6 is 15.6 Å². The average molecular weight is 685 g/mol. The van der Waals surface area contributed by atoms with Crippen LogP contribution in [0.15, 0.2) is 29.7 Å². The number of nitrogens with zero attached hydrogens (tertiary/aromatic N) is 6. The third kappa shape index (κ3) is 5.42. The van der Waals surface area contributed by atoms with Crippen LogP contribution in [0, 0.1) is 11.8 Å². The lowest BCUT2D eigenvalue weighted by Crippen LogP contribution is -2.33. The highest BCUT2D eigenvalue weighted by Crippen LogP contribution is 2.56. The quantitative estimate of drug-likeness (QED) is 0.129. The monoisotopic (exact) mass is 685 g/mol. The zero-order valence-corrected chi connectivity index (χ0v) is 25.3. The molecule has 0 amide bonds. The van der Waals surface area contributed by atoms with E-state index in [-0.39, 0.29) is 29.4 Å². The third-order valence-corrected chi connectivity index (χ3v) is 10.4. The maximum Gasteiger partial charge on any atom is 0.472 e. The van der Waals surface area contributed by atoms with Gasteiger partial charge in [0.2, 0.25) is 5.95 Å². The van der Waals surface area contributed by atoms with Gasteiger partial charge in [-0.15, -0.1) is 0 Å². The fourth-order valence-electron chi connectivity index (χ4n) is 6.30. The van der Waals surface area contributed by atoms with E-state index in [1.54, 1.807) is 16.8 Å². The van der Waals surface area contributed by atoms with E-state index in [2.05, 4.69) is 24.9 Å². The van der Waals surface area contributed by atoms with E-state index in [0.29, 0.717) is 11.0 Å². The summed E-state index contributed by atoms with van der Waals surface area (Å²) in [6.07, 6.45) is -2.84. The van der Waals surface area contributed by atoms with E-state index in [4.69, 9.17) is 34.3 Å². The van der Waals surface area contributed by atoms with Crippen LogP contribution in [-0.2, 0) is 32.0 Å². The molecule has 3 aliphatic rings. The predicted molar refractivity (Wildman–Crippen MR) is 153 cm³/mol. The van der Waals surface area contributed by atoms with Gasteiger partial charge in [-0.2, -0.15) is 4.98 Å². The summed E-state index contributed by atoms with van der Waals surface area (Å²) in [5, 5.41) is 22.1. The second-order valence-corrected chi connectivity index (χ2v) is 13.9. The van der Waals surface area contributed by atoms with Crippen molar-refractivity contribution in [1.82, 2.24) is 34.1 Å². The fraction of sp³-hybridized carbons (Fsp3) is 0.522. The van der Waals surface area contributed by atoms with Crippen LogP contribution in [0.1, 0.15) is 18.7 Å². The Labute approximate surface area is 257 Å². The van der Waals surface area contributed by atoms with Crippen molar-refractivity contribution in [2.24, 2.45) is 11.8 Å². The molecule has 1 saturated carbocycles. The SMILES string of the molecule is Nc1nc2c(ncn2[C@@H]2O[C@@H]3COP(=O)(O)O[C@@H]4[C@@H](COP(=O)(O)O[C@@H]2[C@@H]3CO)C[C@@H](n2ccc3c(N)ncnc32)[C@@H]4O)c(=O)[nH]1. The van der Waals surface area contributed by atoms with Gasteiger partial charge in [0.15, 0.2) is 17.4 Å². The van der Waals surface area contributed by atoms with Crippen molar-refractivity contribution < 1.29 is 52.0 Å². The number of phosphoric ester groups is 2. The van der Waals surface area contributed by atoms with E-state index >= 15 is 0 Å². The number of nitrogens with one attached hydrogen (secondary N) is 1. The molecule has 6 heterocycles. The Bertz CT molecular complexity index is 1950. The summed E-state index contributed by atoms with van der Waals surface area (Å²) in [4.78, 5) is 52.5. The minimum absolute atomic E-state index is 0.0409. The number of nitrogen functional groups attached to an aromatic ring is 2. The number of aliphatic hydroxyl groups excluding tert-OH is 2. The summed E-state index contributed by atoms with van der Waals surface area (Å²) in [5.74, 6) is -2.10. The zero-order chi connectivity index (χ0) is 32.5. The highest BCUT2D eigenvalue weighted by Gasteiger charge is 2.53. The van der Waals surface area contributed by atoms with E-state index in [1.807, 2.05) is 0 Å². The minimum Gasteiger partial charge on any atom is -0.396 e. The summed E-state index contributed by atoms with van der Waals surface area (Å²) in [6.45, 7) is -1.93. The Hall–Kier alpha value is -3.33. The Balaban J connectivity index is 1.22. The number of nitrogens with two attached hydrogens (primary N) is 2. The van der Waals surface area contributed by atoms with Gasteiger partial charge in [-0.05, 0) is 12.5 Å². The lowest BCUT2D eigenvalue weighted by Gasteiger charge is -2.27. The van der Waals surface area contributed by atoms with Crippen molar-refractivity contribution in [3.63, 3.8) is 0 Å². The number of rotatable bonds is 3. The minimum atomic E-state index is -4.99. The van der Waals surface area contributed by atoms with Crippen LogP contribution in [0.5, 0.6) is 0 Å². The van der Waals surface area contributed by atoms with Crippen LogP contribution < -0.4 is 17.0 Å². The molecule has 2 aliphatic heterocycles. The van der Waals surface area contributed by atoms with Gasteiger partial charge in [-0.3, -0.25) is 32.4 Å². The zero-order valence-electron chi connectivity index (χ0n) is 23.5. The smallest absolute Gasteiger partial charge is 0.396 e. The molecular weight excluding hydrogens is 656 g/mol. The summed E-state index contributed by atoms with van der Waals surface area (Å²) < 4.78 is 57.1. The van der Waals surface area contributed by atoms with Crippen molar-refractivity contribution >= 4 is 49.6 Å². The largest absolute Gasteiger partial charge is 0.472 e. The third-order valence-electron chi connectivity index (χ3n) is 8.43. The van der Waals surface area contributed by atoms with Gasteiger partial charge in [0.25, 0.3) is 5.56 Å². The molecule has 21 nitrogen and oxygen atoms in total. The molecule has 0 aromatic carbocycles. The first-order chi connectivity index (χ1) is 21.9.